The van der Waals surface area contributed by atoms with Crippen LogP contribution in [0.4, 0.5) is 0 Å². The molecule has 0 heterocycles. The van der Waals surface area contributed by atoms with E-state index in [0.717, 1.165) is 6.42 Å². The van der Waals surface area contributed by atoms with Crippen molar-refractivity contribution in [1.29, 1.82) is 0 Å². The minimum Gasteiger partial charge on any atom is -0.295 e. The number of fused-ring (bicyclic) bond motifs is 1. The second kappa shape index (κ2) is 7.18. The van der Waals surface area contributed by atoms with Gasteiger partial charge in [0.15, 0.2) is 5.78 Å². The lowest BCUT2D eigenvalue weighted by atomic mass is 9.59. The summed E-state index contributed by atoms with van der Waals surface area (Å²) in [5.74, 6) is 0.630. The number of ketones is 1. The molecule has 0 saturated carbocycles. The zero-order valence-corrected chi connectivity index (χ0v) is 17.5. The van der Waals surface area contributed by atoms with E-state index >= 15 is 0 Å². The Kier molecular flexibility index (Phi) is 4.60. The Morgan fingerprint density at radius 2 is 1.40 bits per heavy atom. The zero-order valence-electron chi connectivity index (χ0n) is 16.7. The molecule has 3 aromatic rings. The summed E-state index contributed by atoms with van der Waals surface area (Å²) in [6.07, 6.45) is 0.935. The molecule has 3 aliphatic rings. The molecule has 0 saturated heterocycles. The van der Waals surface area contributed by atoms with E-state index in [9.17, 15) is 13.2 Å². The molecule has 5 heteroatoms. The second-order valence-corrected chi connectivity index (χ2v) is 9.98. The zero-order chi connectivity index (χ0) is 20.9. The highest BCUT2D eigenvalue weighted by Crippen LogP contribution is 2.55. The molecule has 6 rings (SSSR count). The summed E-state index contributed by atoms with van der Waals surface area (Å²) in [7, 11) is -3.63. The fraction of sp³-hybridized carbons (Fsp3) is 0.240. The van der Waals surface area contributed by atoms with Gasteiger partial charge in [-0.05, 0) is 53.6 Å². The van der Waals surface area contributed by atoms with Crippen molar-refractivity contribution in [3.05, 3.63) is 101 Å². The molecule has 4 nitrogen and oxygen atoms in total. The van der Waals surface area contributed by atoms with Gasteiger partial charge in [0.2, 0.25) is 10.0 Å². The number of sulfonamides is 1. The predicted molar refractivity (Wildman–Crippen MR) is 116 cm³/mol. The van der Waals surface area contributed by atoms with Gasteiger partial charge in [-0.1, -0.05) is 60.7 Å². The standard InChI is InChI=1S/C25H23NO3S/c1-16(27)17-10-12-19(13-11-17)30(28,29)26-15-18-14-24-20-6-2-4-8-22(20)25(18)23-9-5-3-7-21(23)24/h2-13,18,24-26H,14-15H2,1H3. The molecule has 152 valence electrons. The molecule has 30 heavy (non-hydrogen) atoms. The molecular formula is C25H23NO3S. The largest absolute Gasteiger partial charge is 0.295 e. The Bertz CT molecular complexity index is 1180. The highest BCUT2D eigenvalue weighted by Gasteiger charge is 2.43. The summed E-state index contributed by atoms with van der Waals surface area (Å²) in [4.78, 5) is 11.6. The summed E-state index contributed by atoms with van der Waals surface area (Å²) < 4.78 is 28.5. The van der Waals surface area contributed by atoms with Crippen LogP contribution in [0, 0.1) is 5.92 Å². The first-order valence-corrected chi connectivity index (χ1v) is 11.7. The summed E-state index contributed by atoms with van der Waals surface area (Å²) in [5, 5.41) is 0. The first-order chi connectivity index (χ1) is 14.5. The van der Waals surface area contributed by atoms with E-state index in [4.69, 9.17) is 0 Å². The molecule has 0 radical (unpaired) electrons. The highest BCUT2D eigenvalue weighted by molar-refractivity contribution is 7.89. The molecule has 0 amide bonds. The van der Waals surface area contributed by atoms with Gasteiger partial charge < -0.3 is 0 Å². The smallest absolute Gasteiger partial charge is 0.240 e. The van der Waals surface area contributed by atoms with E-state index < -0.39 is 10.0 Å². The Hall–Kier alpha value is -2.76. The third-order valence-corrected chi connectivity index (χ3v) is 7.97. The fourth-order valence-electron chi connectivity index (χ4n) is 5.13. The van der Waals surface area contributed by atoms with Gasteiger partial charge >= 0.3 is 0 Å². The number of hydrogen-bond acceptors (Lipinski definition) is 3. The average Bonchev–Trinajstić information content (AvgIpc) is 2.78. The maximum atomic E-state index is 12.9. The lowest BCUT2D eigenvalue weighted by Gasteiger charge is -2.45. The molecule has 1 unspecified atom stereocenters. The molecule has 3 aliphatic carbocycles. The van der Waals surface area contributed by atoms with Crippen molar-refractivity contribution in [3.63, 3.8) is 0 Å². The van der Waals surface area contributed by atoms with Gasteiger partial charge in [0.25, 0.3) is 0 Å². The van der Waals surface area contributed by atoms with Crippen LogP contribution in [-0.2, 0) is 10.0 Å². The van der Waals surface area contributed by atoms with Gasteiger partial charge in [-0.2, -0.15) is 0 Å². The Morgan fingerprint density at radius 3 is 1.93 bits per heavy atom. The van der Waals surface area contributed by atoms with Crippen LogP contribution in [0.25, 0.3) is 0 Å². The normalized spacial score (nSPS) is 21.7. The molecule has 0 aliphatic heterocycles. The third-order valence-electron chi connectivity index (χ3n) is 6.53. The van der Waals surface area contributed by atoms with Gasteiger partial charge in [-0.25, -0.2) is 13.1 Å². The molecule has 1 N–H and O–H groups in total. The monoisotopic (exact) mass is 417 g/mol. The van der Waals surface area contributed by atoms with Crippen LogP contribution in [0.5, 0.6) is 0 Å². The number of hydrogen-bond donors (Lipinski definition) is 1. The van der Waals surface area contributed by atoms with Crippen LogP contribution in [0.15, 0.2) is 77.7 Å². The molecule has 0 aromatic heterocycles. The van der Waals surface area contributed by atoms with E-state index in [1.807, 2.05) is 0 Å². The van der Waals surface area contributed by atoms with Crippen LogP contribution >= 0.6 is 0 Å². The maximum absolute atomic E-state index is 12.9. The lowest BCUT2D eigenvalue weighted by molar-refractivity contribution is 0.101. The number of nitrogens with one attached hydrogen (secondary N) is 1. The fourth-order valence-corrected chi connectivity index (χ4v) is 6.22. The topological polar surface area (TPSA) is 63.2 Å². The SMILES string of the molecule is CC(=O)c1ccc(S(=O)(=O)NCC2CC3c4ccccc4C2c2ccccc23)cc1. The quantitative estimate of drug-likeness (QED) is 0.623. The van der Waals surface area contributed by atoms with Crippen LogP contribution < -0.4 is 4.72 Å². The number of rotatable bonds is 5. The van der Waals surface area contributed by atoms with Gasteiger partial charge in [-0.3, -0.25) is 4.79 Å². The first-order valence-electron chi connectivity index (χ1n) is 10.2. The number of carbonyl (C=O) groups is 1. The Balaban J connectivity index is 1.42. The van der Waals surface area contributed by atoms with Crippen molar-refractivity contribution < 1.29 is 13.2 Å². The van der Waals surface area contributed by atoms with Crippen LogP contribution in [0.2, 0.25) is 0 Å². The molecule has 1 atom stereocenters. The van der Waals surface area contributed by atoms with Crippen molar-refractivity contribution in [3.8, 4) is 0 Å². The number of carbonyl (C=O) groups excluding carboxylic acids is 1. The molecule has 3 aromatic carbocycles. The van der Waals surface area contributed by atoms with Crippen molar-refractivity contribution in [2.24, 2.45) is 5.92 Å². The molecular weight excluding hydrogens is 394 g/mol. The third kappa shape index (κ3) is 3.09. The summed E-state index contributed by atoms with van der Waals surface area (Å²) in [6, 6.07) is 23.2. The van der Waals surface area contributed by atoms with Crippen LogP contribution in [-0.4, -0.2) is 20.7 Å². The maximum Gasteiger partial charge on any atom is 0.240 e. The summed E-state index contributed by atoms with van der Waals surface area (Å²) in [5.41, 5.74) is 5.90. The predicted octanol–water partition coefficient (Wildman–Crippen LogP) is 4.46. The van der Waals surface area contributed by atoms with E-state index in [1.165, 1.54) is 41.3 Å². The minimum absolute atomic E-state index is 0.0810. The van der Waals surface area contributed by atoms with Crippen molar-refractivity contribution in [2.45, 2.75) is 30.1 Å². The Labute approximate surface area is 177 Å². The van der Waals surface area contributed by atoms with Crippen molar-refractivity contribution >= 4 is 15.8 Å². The molecule has 2 bridgehead atoms. The summed E-state index contributed by atoms with van der Waals surface area (Å²) >= 11 is 0. The van der Waals surface area contributed by atoms with E-state index in [0.29, 0.717) is 18.0 Å². The number of benzene rings is 3. The Morgan fingerprint density at radius 1 is 0.867 bits per heavy atom. The molecule has 0 spiro atoms. The van der Waals surface area contributed by atoms with Crippen LogP contribution in [0.1, 0.15) is 57.8 Å². The summed E-state index contributed by atoms with van der Waals surface area (Å²) in [6.45, 7) is 1.86. The van der Waals surface area contributed by atoms with Gasteiger partial charge in [-0.15, -0.1) is 0 Å². The average molecular weight is 418 g/mol. The van der Waals surface area contributed by atoms with E-state index in [1.54, 1.807) is 12.1 Å². The first kappa shape index (κ1) is 19.2. The van der Waals surface area contributed by atoms with E-state index in [2.05, 4.69) is 53.3 Å². The van der Waals surface area contributed by atoms with Crippen molar-refractivity contribution in [2.75, 3.05) is 6.54 Å². The van der Waals surface area contributed by atoms with Gasteiger partial charge in [0, 0.05) is 23.9 Å². The van der Waals surface area contributed by atoms with E-state index in [-0.39, 0.29) is 22.5 Å². The van der Waals surface area contributed by atoms with Gasteiger partial charge in [0.05, 0.1) is 4.90 Å². The van der Waals surface area contributed by atoms with Crippen molar-refractivity contribution in [1.82, 2.24) is 4.72 Å². The van der Waals surface area contributed by atoms with Crippen LogP contribution in [0.3, 0.4) is 0 Å². The minimum atomic E-state index is -3.63. The second-order valence-electron chi connectivity index (χ2n) is 8.22. The van der Waals surface area contributed by atoms with Gasteiger partial charge in [0.1, 0.15) is 0 Å². The highest BCUT2D eigenvalue weighted by atomic mass is 32.2. The lowest BCUT2D eigenvalue weighted by Crippen LogP contribution is -2.39. The molecule has 0 fully saturated rings. The number of Topliss-reactive ketones (excluding diaryl/α,β-unsaturated/α-hetero) is 1.